The van der Waals surface area contributed by atoms with Gasteiger partial charge >= 0.3 is 0 Å². The van der Waals surface area contributed by atoms with Gasteiger partial charge in [-0.15, -0.1) is 0 Å². The number of para-hydroxylation sites is 2. The van der Waals surface area contributed by atoms with Crippen molar-refractivity contribution >= 4 is 34.5 Å². The van der Waals surface area contributed by atoms with Crippen molar-refractivity contribution in [1.82, 2.24) is 15.1 Å². The molecule has 10 heteroatoms. The number of anilines is 1. The minimum atomic E-state index is -0.838. The first-order valence-corrected chi connectivity index (χ1v) is 9.60. The Hall–Kier alpha value is -3.27. The Morgan fingerprint density at radius 1 is 1.14 bits per heavy atom. The minimum absolute atomic E-state index is 0.0106. The van der Waals surface area contributed by atoms with Crippen molar-refractivity contribution in [3.05, 3.63) is 65.8 Å². The van der Waals surface area contributed by atoms with Crippen LogP contribution in [0.2, 0.25) is 0 Å². The van der Waals surface area contributed by atoms with Crippen LogP contribution in [0.4, 0.5) is 14.5 Å². The van der Waals surface area contributed by atoms with Crippen LogP contribution in [0.15, 0.2) is 56.6 Å². The second-order valence-corrected chi connectivity index (χ2v) is 6.94. The van der Waals surface area contributed by atoms with Gasteiger partial charge in [-0.2, -0.15) is 4.98 Å². The van der Waals surface area contributed by atoms with Crippen LogP contribution in [-0.4, -0.2) is 21.0 Å². The Labute approximate surface area is 167 Å². The Morgan fingerprint density at radius 2 is 2.00 bits per heavy atom. The van der Waals surface area contributed by atoms with Crippen molar-refractivity contribution in [3.8, 4) is 0 Å². The molecule has 0 fully saturated rings. The molecule has 0 bridgehead atoms. The van der Waals surface area contributed by atoms with Gasteiger partial charge in [0.25, 0.3) is 5.22 Å². The number of hydrogen-bond donors (Lipinski definition) is 1. The smallest absolute Gasteiger partial charge is 0.257 e. The number of fused-ring (bicyclic) bond motifs is 1. The van der Waals surface area contributed by atoms with Crippen molar-refractivity contribution in [2.75, 3.05) is 5.32 Å². The molecular weight excluding hydrogens is 402 g/mol. The number of hydrogen-bond acceptors (Lipinski definition) is 7. The molecule has 4 rings (SSSR count). The number of rotatable bonds is 7. The van der Waals surface area contributed by atoms with E-state index in [1.165, 1.54) is 11.8 Å². The second kappa shape index (κ2) is 8.39. The van der Waals surface area contributed by atoms with E-state index in [2.05, 4.69) is 20.4 Å². The van der Waals surface area contributed by atoms with Gasteiger partial charge in [-0.1, -0.05) is 29.1 Å². The Morgan fingerprint density at radius 3 is 2.83 bits per heavy atom. The molecule has 0 spiro atoms. The number of nitrogens with one attached hydrogen (secondary N) is 1. The zero-order valence-corrected chi connectivity index (χ0v) is 15.7. The second-order valence-electron chi connectivity index (χ2n) is 6.01. The third-order valence-electron chi connectivity index (χ3n) is 3.88. The zero-order chi connectivity index (χ0) is 20.2. The van der Waals surface area contributed by atoms with Crippen LogP contribution < -0.4 is 5.32 Å². The van der Waals surface area contributed by atoms with Crippen molar-refractivity contribution in [3.63, 3.8) is 0 Å². The van der Waals surface area contributed by atoms with E-state index < -0.39 is 17.5 Å². The average Bonchev–Trinajstić information content (AvgIpc) is 3.33. The van der Waals surface area contributed by atoms with E-state index in [9.17, 15) is 13.6 Å². The highest BCUT2D eigenvalue weighted by Crippen LogP contribution is 2.25. The highest BCUT2D eigenvalue weighted by atomic mass is 32.2. The summed E-state index contributed by atoms with van der Waals surface area (Å²) in [7, 11) is 0. The van der Waals surface area contributed by atoms with Crippen molar-refractivity contribution in [2.45, 2.75) is 23.8 Å². The molecule has 148 valence electrons. The third kappa shape index (κ3) is 4.77. The molecule has 7 nitrogen and oxygen atoms in total. The maximum Gasteiger partial charge on any atom is 0.257 e. The van der Waals surface area contributed by atoms with E-state index in [0.29, 0.717) is 28.4 Å². The van der Waals surface area contributed by atoms with Crippen LogP contribution in [0.3, 0.4) is 0 Å². The molecule has 1 N–H and O–H groups in total. The maximum absolute atomic E-state index is 13.6. The molecule has 1 amide bonds. The van der Waals surface area contributed by atoms with E-state index >= 15 is 0 Å². The van der Waals surface area contributed by atoms with Crippen molar-refractivity contribution in [2.24, 2.45) is 0 Å². The summed E-state index contributed by atoms with van der Waals surface area (Å²) in [5.41, 5.74) is 1.39. The normalized spacial score (nSPS) is 11.1. The number of aryl methyl sites for hydroxylation is 1. The number of oxazole rings is 1. The molecule has 0 atom stereocenters. The molecule has 2 aromatic carbocycles. The highest BCUT2D eigenvalue weighted by Gasteiger charge is 2.13. The number of amides is 1. The highest BCUT2D eigenvalue weighted by molar-refractivity contribution is 7.98. The average molecular weight is 416 g/mol. The summed E-state index contributed by atoms with van der Waals surface area (Å²) in [6.45, 7) is 0. The first-order chi connectivity index (χ1) is 14.1. The van der Waals surface area contributed by atoms with E-state index in [-0.39, 0.29) is 24.4 Å². The van der Waals surface area contributed by atoms with Gasteiger partial charge in [0.05, 0.1) is 11.4 Å². The number of thioether (sulfide) groups is 1. The first kappa shape index (κ1) is 19.1. The van der Waals surface area contributed by atoms with Crippen molar-refractivity contribution in [1.29, 1.82) is 0 Å². The molecular formula is C19H14F2N4O3S. The summed E-state index contributed by atoms with van der Waals surface area (Å²) >= 11 is 1.33. The van der Waals surface area contributed by atoms with E-state index in [0.717, 1.165) is 17.6 Å². The standard InChI is InChI=1S/C19H14F2N4O3S/c20-11-5-6-13(12(21)9-11)22-17(26)7-8-18-24-16(25-28-18)10-29-19-23-14-3-1-2-4-15(14)27-19/h1-6,9H,7-8,10H2,(H,22,26). The van der Waals surface area contributed by atoms with Crippen LogP contribution in [0, 0.1) is 11.6 Å². The van der Waals surface area contributed by atoms with Gasteiger partial charge in [-0.05, 0) is 24.3 Å². The molecule has 29 heavy (non-hydrogen) atoms. The topological polar surface area (TPSA) is 94.0 Å². The summed E-state index contributed by atoms with van der Waals surface area (Å²) in [6, 6.07) is 10.4. The van der Waals surface area contributed by atoms with Crippen LogP contribution >= 0.6 is 11.8 Å². The fraction of sp³-hybridized carbons (Fsp3) is 0.158. The van der Waals surface area contributed by atoms with Gasteiger partial charge in [0.2, 0.25) is 11.8 Å². The lowest BCUT2D eigenvalue weighted by molar-refractivity contribution is -0.116. The lowest BCUT2D eigenvalue weighted by Gasteiger charge is -2.05. The Balaban J connectivity index is 1.28. The predicted molar refractivity (Wildman–Crippen MR) is 101 cm³/mol. The van der Waals surface area contributed by atoms with Gasteiger partial charge in [0.15, 0.2) is 11.4 Å². The number of carbonyl (C=O) groups is 1. The lowest BCUT2D eigenvalue weighted by Crippen LogP contribution is -2.13. The van der Waals surface area contributed by atoms with Gasteiger partial charge in [0.1, 0.15) is 17.2 Å². The number of carbonyl (C=O) groups excluding carboxylic acids is 1. The number of halogens is 2. The van der Waals surface area contributed by atoms with E-state index in [1.54, 1.807) is 0 Å². The lowest BCUT2D eigenvalue weighted by atomic mass is 10.2. The van der Waals surface area contributed by atoms with E-state index in [4.69, 9.17) is 8.94 Å². The quantitative estimate of drug-likeness (QED) is 0.448. The summed E-state index contributed by atoms with van der Waals surface area (Å²) in [5, 5.41) is 6.74. The van der Waals surface area contributed by atoms with Gasteiger partial charge < -0.3 is 14.3 Å². The molecule has 0 unspecified atom stereocenters. The molecule has 0 radical (unpaired) electrons. The Kier molecular flexibility index (Phi) is 5.52. The molecule has 2 aromatic heterocycles. The molecule has 0 saturated heterocycles. The molecule has 2 heterocycles. The molecule has 0 aliphatic heterocycles. The van der Waals surface area contributed by atoms with Crippen LogP contribution in [-0.2, 0) is 17.0 Å². The first-order valence-electron chi connectivity index (χ1n) is 8.61. The van der Waals surface area contributed by atoms with Crippen LogP contribution in [0.1, 0.15) is 18.1 Å². The fourth-order valence-corrected chi connectivity index (χ4v) is 3.19. The van der Waals surface area contributed by atoms with Gasteiger partial charge in [0, 0.05) is 18.9 Å². The maximum atomic E-state index is 13.6. The molecule has 0 saturated carbocycles. The van der Waals surface area contributed by atoms with Gasteiger partial charge in [-0.25, -0.2) is 13.8 Å². The Bertz CT molecular complexity index is 1130. The summed E-state index contributed by atoms with van der Waals surface area (Å²) < 4.78 is 37.2. The number of nitrogens with zero attached hydrogens (tertiary/aromatic N) is 3. The molecule has 4 aromatic rings. The SMILES string of the molecule is O=C(CCc1nc(CSc2nc3ccccc3o2)no1)Nc1ccc(F)cc1F. The zero-order valence-electron chi connectivity index (χ0n) is 14.9. The van der Waals surface area contributed by atoms with E-state index in [1.807, 2.05) is 24.3 Å². The number of aromatic nitrogens is 3. The predicted octanol–water partition coefficient (Wildman–Crippen LogP) is 4.35. The fourth-order valence-electron chi connectivity index (χ4n) is 2.51. The number of benzene rings is 2. The molecule has 0 aliphatic rings. The summed E-state index contributed by atoms with van der Waals surface area (Å²) in [5.74, 6) is -0.881. The minimum Gasteiger partial charge on any atom is -0.431 e. The monoisotopic (exact) mass is 416 g/mol. The van der Waals surface area contributed by atoms with Crippen LogP contribution in [0.25, 0.3) is 11.1 Å². The summed E-state index contributed by atoms with van der Waals surface area (Å²) in [4.78, 5) is 20.5. The summed E-state index contributed by atoms with van der Waals surface area (Å²) in [6.07, 6.45) is 0.200. The van der Waals surface area contributed by atoms with Crippen LogP contribution in [0.5, 0.6) is 0 Å². The van der Waals surface area contributed by atoms with Crippen molar-refractivity contribution < 1.29 is 22.5 Å². The molecule has 0 aliphatic carbocycles. The van der Waals surface area contributed by atoms with Gasteiger partial charge in [-0.3, -0.25) is 4.79 Å². The third-order valence-corrected chi connectivity index (χ3v) is 4.70. The largest absolute Gasteiger partial charge is 0.431 e.